The highest BCUT2D eigenvalue weighted by Gasteiger charge is 2.41. The summed E-state index contributed by atoms with van der Waals surface area (Å²) in [6.45, 7) is 13.7. The quantitative estimate of drug-likeness (QED) is 0.575. The van der Waals surface area contributed by atoms with Gasteiger partial charge in [0.15, 0.2) is 14.4 Å². The number of ether oxygens (including phenoxy) is 1. The van der Waals surface area contributed by atoms with Crippen molar-refractivity contribution in [3.8, 4) is 0 Å². The average molecular weight is 287 g/mol. The van der Waals surface area contributed by atoms with Crippen LogP contribution in [0, 0.1) is 0 Å². The van der Waals surface area contributed by atoms with Gasteiger partial charge in [0.2, 0.25) is 0 Å². The molecule has 1 atom stereocenters. The van der Waals surface area contributed by atoms with Crippen LogP contribution in [-0.2, 0) is 14.0 Å². The van der Waals surface area contributed by atoms with Gasteiger partial charge in [-0.2, -0.15) is 0 Å². The molecule has 4 nitrogen and oxygen atoms in total. The number of methoxy groups -OCH3 is 1. The molecule has 0 amide bonds. The first-order chi connectivity index (χ1) is 8.67. The van der Waals surface area contributed by atoms with Gasteiger partial charge in [0.05, 0.1) is 7.11 Å². The third kappa shape index (κ3) is 4.58. The lowest BCUT2D eigenvalue weighted by Crippen LogP contribution is -2.49. The smallest absolute Gasteiger partial charge is 0.335 e. The SMILES string of the molecule is COC(=O)[C@H](CN1CCCC1)O[Si](C)(C)C(C)(C)C. The Morgan fingerprint density at radius 1 is 1.26 bits per heavy atom. The summed E-state index contributed by atoms with van der Waals surface area (Å²) in [5.41, 5.74) is 0. The minimum Gasteiger partial charge on any atom is -0.467 e. The standard InChI is InChI=1S/C14H29NO3Si/c1-14(2,3)19(5,6)18-12(13(16)17-4)11-15-9-7-8-10-15/h12H,7-11H2,1-6H3/t12-/m0/s1. The lowest BCUT2D eigenvalue weighted by atomic mass is 10.2. The zero-order valence-corrected chi connectivity index (χ0v) is 14.3. The van der Waals surface area contributed by atoms with Crippen molar-refractivity contribution in [2.75, 3.05) is 26.7 Å². The highest BCUT2D eigenvalue weighted by Crippen LogP contribution is 2.37. The zero-order chi connectivity index (χ0) is 14.7. The molecule has 1 rings (SSSR count). The molecule has 0 radical (unpaired) electrons. The summed E-state index contributed by atoms with van der Waals surface area (Å²) in [5, 5.41) is 0.101. The Labute approximate surface area is 118 Å². The first kappa shape index (κ1) is 16.7. The second kappa shape index (κ2) is 6.37. The number of likely N-dealkylation sites (tertiary alicyclic amines) is 1. The van der Waals surface area contributed by atoms with E-state index >= 15 is 0 Å². The van der Waals surface area contributed by atoms with Gasteiger partial charge in [0, 0.05) is 6.54 Å². The van der Waals surface area contributed by atoms with Gasteiger partial charge in [-0.3, -0.25) is 0 Å². The van der Waals surface area contributed by atoms with E-state index in [1.54, 1.807) is 0 Å². The topological polar surface area (TPSA) is 38.8 Å². The number of hydrogen-bond donors (Lipinski definition) is 0. The summed E-state index contributed by atoms with van der Waals surface area (Å²) < 4.78 is 11.2. The van der Waals surface area contributed by atoms with Crippen LogP contribution in [0.1, 0.15) is 33.6 Å². The minimum atomic E-state index is -1.95. The fourth-order valence-electron chi connectivity index (χ4n) is 2.02. The Morgan fingerprint density at radius 3 is 2.21 bits per heavy atom. The van der Waals surface area contributed by atoms with E-state index in [4.69, 9.17) is 9.16 Å². The van der Waals surface area contributed by atoms with Crippen LogP contribution in [0.25, 0.3) is 0 Å². The predicted molar refractivity (Wildman–Crippen MR) is 79.8 cm³/mol. The second-order valence-corrected chi connectivity index (χ2v) is 11.7. The number of esters is 1. The maximum atomic E-state index is 12.0. The molecule has 0 N–H and O–H groups in total. The highest BCUT2D eigenvalue weighted by atomic mass is 28.4. The van der Waals surface area contributed by atoms with E-state index in [2.05, 4.69) is 38.8 Å². The third-order valence-electron chi connectivity index (χ3n) is 4.33. The van der Waals surface area contributed by atoms with Crippen LogP contribution in [0.2, 0.25) is 18.1 Å². The van der Waals surface area contributed by atoms with E-state index in [0.29, 0.717) is 6.54 Å². The van der Waals surface area contributed by atoms with Gasteiger partial charge >= 0.3 is 5.97 Å². The number of hydrogen-bond acceptors (Lipinski definition) is 4. The molecule has 0 saturated carbocycles. The lowest BCUT2D eigenvalue weighted by molar-refractivity contribution is -0.150. The van der Waals surface area contributed by atoms with Gasteiger partial charge in [-0.15, -0.1) is 0 Å². The zero-order valence-electron chi connectivity index (χ0n) is 13.3. The summed E-state index contributed by atoms with van der Waals surface area (Å²) >= 11 is 0. The molecular formula is C14H29NO3Si. The van der Waals surface area contributed by atoms with Gasteiger partial charge in [0.1, 0.15) is 0 Å². The van der Waals surface area contributed by atoms with E-state index in [1.165, 1.54) is 20.0 Å². The minimum absolute atomic E-state index is 0.101. The number of nitrogens with zero attached hydrogens (tertiary/aromatic N) is 1. The number of carbonyl (C=O) groups excluding carboxylic acids is 1. The largest absolute Gasteiger partial charge is 0.467 e. The van der Waals surface area contributed by atoms with Crippen LogP contribution in [-0.4, -0.2) is 52.0 Å². The molecule has 0 spiro atoms. The van der Waals surface area contributed by atoms with Crippen LogP contribution in [0.3, 0.4) is 0 Å². The van der Waals surface area contributed by atoms with Gasteiger partial charge in [-0.05, 0) is 44.1 Å². The molecule has 112 valence electrons. The molecule has 19 heavy (non-hydrogen) atoms. The average Bonchev–Trinajstić information content (AvgIpc) is 2.78. The monoisotopic (exact) mass is 287 g/mol. The van der Waals surface area contributed by atoms with E-state index < -0.39 is 14.4 Å². The Hall–Kier alpha value is -0.393. The normalized spacial score (nSPS) is 19.5. The first-order valence-electron chi connectivity index (χ1n) is 7.15. The van der Waals surface area contributed by atoms with Crippen molar-refractivity contribution in [3.05, 3.63) is 0 Å². The fraction of sp³-hybridized carbons (Fsp3) is 0.929. The third-order valence-corrected chi connectivity index (χ3v) is 8.82. The molecule has 0 aromatic rings. The summed E-state index contributed by atoms with van der Waals surface area (Å²) in [5.74, 6) is -0.239. The van der Waals surface area contributed by atoms with Crippen LogP contribution in [0.15, 0.2) is 0 Å². The van der Waals surface area contributed by atoms with E-state index in [0.717, 1.165) is 13.1 Å². The molecular weight excluding hydrogens is 258 g/mol. The molecule has 1 aliphatic rings. The highest BCUT2D eigenvalue weighted by molar-refractivity contribution is 6.74. The Bertz CT molecular complexity index is 306. The summed E-state index contributed by atoms with van der Waals surface area (Å²) in [6.07, 6.45) is 1.99. The summed E-state index contributed by atoms with van der Waals surface area (Å²) in [4.78, 5) is 14.3. The molecule has 0 aromatic carbocycles. The number of rotatable bonds is 5. The lowest BCUT2D eigenvalue weighted by Gasteiger charge is -2.39. The molecule has 1 fully saturated rings. The van der Waals surface area contributed by atoms with Crippen LogP contribution in [0.4, 0.5) is 0 Å². The van der Waals surface area contributed by atoms with Crippen molar-refractivity contribution >= 4 is 14.3 Å². The van der Waals surface area contributed by atoms with Crippen molar-refractivity contribution in [2.24, 2.45) is 0 Å². The van der Waals surface area contributed by atoms with Crippen molar-refractivity contribution in [1.29, 1.82) is 0 Å². The molecule has 5 heteroatoms. The molecule has 0 aliphatic carbocycles. The Kier molecular flexibility index (Phi) is 5.59. The second-order valence-electron chi connectivity index (χ2n) is 6.90. The van der Waals surface area contributed by atoms with Crippen LogP contribution in [0.5, 0.6) is 0 Å². The maximum Gasteiger partial charge on any atom is 0.335 e. The van der Waals surface area contributed by atoms with Crippen LogP contribution >= 0.6 is 0 Å². The van der Waals surface area contributed by atoms with E-state index in [1.807, 2.05) is 0 Å². The number of carbonyl (C=O) groups is 1. The summed E-state index contributed by atoms with van der Waals surface area (Å²) in [6, 6.07) is 0. The Balaban J connectivity index is 2.71. The van der Waals surface area contributed by atoms with E-state index in [-0.39, 0.29) is 11.0 Å². The fourth-order valence-corrected chi connectivity index (χ4v) is 3.26. The molecule has 1 saturated heterocycles. The van der Waals surface area contributed by atoms with Gasteiger partial charge < -0.3 is 14.1 Å². The van der Waals surface area contributed by atoms with Gasteiger partial charge in [-0.1, -0.05) is 20.8 Å². The van der Waals surface area contributed by atoms with Crippen molar-refractivity contribution in [2.45, 2.75) is 57.8 Å². The van der Waals surface area contributed by atoms with Crippen molar-refractivity contribution in [3.63, 3.8) is 0 Å². The van der Waals surface area contributed by atoms with Gasteiger partial charge in [-0.25, -0.2) is 4.79 Å². The Morgan fingerprint density at radius 2 is 1.79 bits per heavy atom. The first-order valence-corrected chi connectivity index (χ1v) is 10.1. The molecule has 0 unspecified atom stereocenters. The molecule has 1 aliphatic heterocycles. The molecule has 1 heterocycles. The maximum absolute atomic E-state index is 12.0. The van der Waals surface area contributed by atoms with Crippen molar-refractivity contribution in [1.82, 2.24) is 4.90 Å². The molecule has 0 bridgehead atoms. The van der Waals surface area contributed by atoms with E-state index in [9.17, 15) is 4.79 Å². The van der Waals surface area contributed by atoms with Crippen LogP contribution < -0.4 is 0 Å². The molecule has 0 aromatic heterocycles. The summed E-state index contributed by atoms with van der Waals surface area (Å²) in [7, 11) is -0.508. The predicted octanol–water partition coefficient (Wildman–Crippen LogP) is 2.65. The van der Waals surface area contributed by atoms with Gasteiger partial charge in [0.25, 0.3) is 0 Å². The van der Waals surface area contributed by atoms with Crippen molar-refractivity contribution < 1.29 is 14.0 Å².